The van der Waals surface area contributed by atoms with Gasteiger partial charge in [0.25, 0.3) is 0 Å². The monoisotopic (exact) mass is 406 g/mol. The molecule has 0 unspecified atom stereocenters. The molecule has 2 N–H and O–H groups in total. The van der Waals surface area contributed by atoms with Crippen molar-refractivity contribution in [2.75, 3.05) is 35.2 Å². The number of hydrogen-bond donors (Lipinski definition) is 2. The van der Waals surface area contributed by atoms with E-state index in [1.54, 1.807) is 0 Å². The van der Waals surface area contributed by atoms with Gasteiger partial charge in [0.05, 0.1) is 11.5 Å². The number of nitro groups is 1. The Morgan fingerprint density at radius 2 is 1.83 bits per heavy atom. The molecule has 9 nitrogen and oxygen atoms in total. The lowest BCUT2D eigenvalue weighted by molar-refractivity contribution is -0.383. The van der Waals surface area contributed by atoms with E-state index in [-0.39, 0.29) is 24.0 Å². The molecule has 1 amide bonds. The topological polar surface area (TPSA) is 113 Å². The van der Waals surface area contributed by atoms with Gasteiger partial charge in [-0.3, -0.25) is 14.9 Å². The summed E-state index contributed by atoms with van der Waals surface area (Å²) in [6.07, 6.45) is 4.34. The van der Waals surface area contributed by atoms with Crippen molar-refractivity contribution in [3.63, 3.8) is 0 Å². The summed E-state index contributed by atoms with van der Waals surface area (Å²) in [5.74, 6) is 0.0223. The number of fused-ring (bicyclic) bond motifs is 1. The van der Waals surface area contributed by atoms with Crippen LogP contribution < -0.4 is 15.5 Å². The van der Waals surface area contributed by atoms with Gasteiger partial charge in [-0.15, -0.1) is 0 Å². The molecule has 9 heteroatoms. The average molecular weight is 406 g/mol. The van der Waals surface area contributed by atoms with Crippen molar-refractivity contribution in [3.8, 4) is 0 Å². The molecule has 0 radical (unpaired) electrons. The highest BCUT2D eigenvalue weighted by atomic mass is 16.6. The molecular weight excluding hydrogens is 384 g/mol. The van der Waals surface area contributed by atoms with Crippen molar-refractivity contribution < 1.29 is 9.72 Å². The highest BCUT2D eigenvalue weighted by Gasteiger charge is 2.28. The molecule has 30 heavy (non-hydrogen) atoms. The highest BCUT2D eigenvalue weighted by molar-refractivity contribution is 5.96. The number of carbonyl (C=O) groups is 1. The second kappa shape index (κ2) is 8.73. The number of aromatic nitrogens is 2. The van der Waals surface area contributed by atoms with Crippen LogP contribution in [0.1, 0.15) is 19.3 Å². The first-order chi connectivity index (χ1) is 14.6. The molecule has 1 aliphatic heterocycles. The Balaban J connectivity index is 1.47. The van der Waals surface area contributed by atoms with Crippen LogP contribution in [-0.4, -0.2) is 40.4 Å². The Morgan fingerprint density at radius 1 is 1.07 bits per heavy atom. The number of hydrogen-bond acceptors (Lipinski definition) is 7. The van der Waals surface area contributed by atoms with E-state index in [1.165, 1.54) is 6.33 Å². The van der Waals surface area contributed by atoms with Crippen LogP contribution in [0.25, 0.3) is 10.8 Å². The van der Waals surface area contributed by atoms with Gasteiger partial charge < -0.3 is 15.5 Å². The number of carbonyl (C=O) groups excluding carboxylic acids is 1. The normalized spacial score (nSPS) is 13.8. The van der Waals surface area contributed by atoms with Crippen LogP contribution in [0.3, 0.4) is 0 Å². The fourth-order valence-corrected chi connectivity index (χ4v) is 3.64. The number of benzene rings is 2. The lowest BCUT2D eigenvalue weighted by Crippen LogP contribution is -2.31. The van der Waals surface area contributed by atoms with Crippen molar-refractivity contribution in [2.24, 2.45) is 0 Å². The van der Waals surface area contributed by atoms with E-state index in [0.717, 1.165) is 43.1 Å². The van der Waals surface area contributed by atoms with Crippen LogP contribution >= 0.6 is 0 Å². The van der Waals surface area contributed by atoms with Gasteiger partial charge in [-0.2, -0.15) is 0 Å². The van der Waals surface area contributed by atoms with Gasteiger partial charge in [0.1, 0.15) is 6.33 Å². The Morgan fingerprint density at radius 3 is 2.60 bits per heavy atom. The fraction of sp³-hybridized carbons (Fsp3) is 0.286. The maximum Gasteiger partial charge on any atom is 0.353 e. The fourth-order valence-electron chi connectivity index (χ4n) is 3.64. The van der Waals surface area contributed by atoms with Gasteiger partial charge >= 0.3 is 5.69 Å². The molecule has 1 aromatic heterocycles. The van der Waals surface area contributed by atoms with Crippen LogP contribution in [0.15, 0.2) is 48.8 Å². The van der Waals surface area contributed by atoms with Crippen LogP contribution in [0.5, 0.6) is 0 Å². The maximum atomic E-state index is 12.4. The quantitative estimate of drug-likeness (QED) is 0.475. The lowest BCUT2D eigenvalue weighted by atomic mass is 10.1. The van der Waals surface area contributed by atoms with Gasteiger partial charge in [-0.1, -0.05) is 30.3 Å². The summed E-state index contributed by atoms with van der Waals surface area (Å²) in [6.45, 7) is 1.30. The maximum absolute atomic E-state index is 12.4. The first kappa shape index (κ1) is 19.6. The molecule has 0 saturated carbocycles. The zero-order chi connectivity index (χ0) is 20.9. The number of nitrogens with zero attached hydrogens (tertiary/aromatic N) is 4. The van der Waals surface area contributed by atoms with Crippen molar-refractivity contribution in [1.82, 2.24) is 9.97 Å². The summed E-state index contributed by atoms with van der Waals surface area (Å²) in [5, 5.41) is 19.4. The van der Waals surface area contributed by atoms with Gasteiger partial charge in [0, 0.05) is 18.8 Å². The minimum absolute atomic E-state index is 0.0456. The Labute approximate surface area is 173 Å². The van der Waals surface area contributed by atoms with Gasteiger partial charge in [-0.25, -0.2) is 9.97 Å². The minimum atomic E-state index is -0.493. The smallest absolute Gasteiger partial charge is 0.353 e. The zero-order valence-corrected chi connectivity index (χ0v) is 16.4. The molecule has 1 fully saturated rings. The Hall–Kier alpha value is -3.75. The van der Waals surface area contributed by atoms with Gasteiger partial charge in [-0.05, 0) is 42.2 Å². The van der Waals surface area contributed by atoms with Crippen LogP contribution in [0.4, 0.5) is 23.0 Å². The molecule has 1 aliphatic rings. The van der Waals surface area contributed by atoms with E-state index in [0.29, 0.717) is 11.5 Å². The second-order valence-electron chi connectivity index (χ2n) is 7.16. The predicted octanol–water partition coefficient (Wildman–Crippen LogP) is 3.58. The van der Waals surface area contributed by atoms with Crippen LogP contribution in [-0.2, 0) is 4.79 Å². The molecule has 0 aliphatic carbocycles. The van der Waals surface area contributed by atoms with Gasteiger partial charge in [0.15, 0.2) is 0 Å². The van der Waals surface area contributed by atoms with E-state index in [2.05, 4.69) is 20.6 Å². The van der Waals surface area contributed by atoms with E-state index in [9.17, 15) is 14.9 Å². The van der Waals surface area contributed by atoms with E-state index < -0.39 is 4.92 Å². The third-order valence-electron chi connectivity index (χ3n) is 5.09. The molecule has 0 spiro atoms. The lowest BCUT2D eigenvalue weighted by Gasteiger charge is -2.27. The van der Waals surface area contributed by atoms with Crippen molar-refractivity contribution in [3.05, 3.63) is 58.9 Å². The minimum Gasteiger partial charge on any atom is -0.355 e. The van der Waals surface area contributed by atoms with Crippen molar-refractivity contribution >= 4 is 39.7 Å². The van der Waals surface area contributed by atoms with Crippen molar-refractivity contribution in [1.29, 1.82) is 0 Å². The molecule has 1 saturated heterocycles. The number of rotatable bonds is 6. The predicted molar refractivity (Wildman–Crippen MR) is 116 cm³/mol. The zero-order valence-electron chi connectivity index (χ0n) is 16.4. The average Bonchev–Trinajstić information content (AvgIpc) is 2.78. The van der Waals surface area contributed by atoms with Crippen molar-refractivity contribution in [2.45, 2.75) is 19.3 Å². The summed E-state index contributed by atoms with van der Waals surface area (Å²) in [4.78, 5) is 33.7. The largest absolute Gasteiger partial charge is 0.355 e. The van der Waals surface area contributed by atoms with E-state index in [1.807, 2.05) is 47.4 Å². The third-order valence-corrected chi connectivity index (χ3v) is 5.09. The van der Waals surface area contributed by atoms with E-state index >= 15 is 0 Å². The number of amides is 1. The summed E-state index contributed by atoms with van der Waals surface area (Å²) in [6, 6.07) is 13.5. The molecule has 0 atom stereocenters. The molecular formula is C21H22N6O3. The standard InChI is InChI=1S/C21H22N6O3/c28-18(25-17-9-8-15-6-2-3-7-16(15)12-17)13-22-20-19(27(29)30)21(24-14-23-20)26-10-4-1-5-11-26/h2-3,6-9,12,14H,1,4-5,10-11,13H2,(H,25,28)(H,22,23,24). The second-order valence-corrected chi connectivity index (χ2v) is 7.16. The molecule has 154 valence electrons. The molecule has 2 aromatic carbocycles. The first-order valence-electron chi connectivity index (χ1n) is 9.89. The summed E-state index contributed by atoms with van der Waals surface area (Å²) in [7, 11) is 0. The Bertz CT molecular complexity index is 1080. The summed E-state index contributed by atoms with van der Waals surface area (Å²) >= 11 is 0. The molecule has 3 aromatic rings. The highest BCUT2D eigenvalue weighted by Crippen LogP contribution is 2.33. The number of nitrogens with one attached hydrogen (secondary N) is 2. The summed E-state index contributed by atoms with van der Waals surface area (Å²) in [5.41, 5.74) is 0.463. The Kier molecular flexibility index (Phi) is 5.69. The molecule has 4 rings (SSSR count). The molecule has 0 bridgehead atoms. The SMILES string of the molecule is O=C(CNc1ncnc(N2CCCCC2)c1[N+](=O)[O-])Nc1ccc2ccccc2c1. The van der Waals surface area contributed by atoms with Gasteiger partial charge in [0.2, 0.25) is 17.5 Å². The number of anilines is 3. The number of piperidine rings is 1. The van der Waals surface area contributed by atoms with Crippen LogP contribution in [0.2, 0.25) is 0 Å². The van der Waals surface area contributed by atoms with Crippen LogP contribution in [0, 0.1) is 10.1 Å². The van der Waals surface area contributed by atoms with E-state index in [4.69, 9.17) is 0 Å². The third kappa shape index (κ3) is 4.29. The first-order valence-corrected chi connectivity index (χ1v) is 9.89. The summed E-state index contributed by atoms with van der Waals surface area (Å²) < 4.78 is 0. The molecule has 2 heterocycles.